The molecule has 0 saturated carbocycles. The quantitative estimate of drug-likeness (QED) is 0.262. The van der Waals surface area contributed by atoms with Crippen LogP contribution < -0.4 is 16.0 Å². The third-order valence-corrected chi connectivity index (χ3v) is 6.30. The van der Waals surface area contributed by atoms with Crippen molar-refractivity contribution in [1.82, 2.24) is 29.7 Å². The van der Waals surface area contributed by atoms with Crippen LogP contribution in [0.5, 0.6) is 0 Å². The zero-order valence-corrected chi connectivity index (χ0v) is 21.6. The molecule has 39 heavy (non-hydrogen) atoms. The number of ether oxygens (including phenoxy) is 1. The Balaban J connectivity index is 0.000000384. The number of hydrogen-bond acceptors (Lipinski definition) is 7. The molecule has 1 amide bonds. The van der Waals surface area contributed by atoms with E-state index < -0.39 is 6.09 Å². The molecule has 12 heteroatoms. The Labute approximate surface area is 223 Å². The number of nitrogens with zero attached hydrogens (tertiary/aromatic N) is 5. The Morgan fingerprint density at radius 2 is 2.13 bits per heavy atom. The second kappa shape index (κ2) is 11.5. The van der Waals surface area contributed by atoms with E-state index in [9.17, 15) is 9.18 Å². The van der Waals surface area contributed by atoms with Gasteiger partial charge in [0.15, 0.2) is 5.82 Å². The molecule has 4 heterocycles. The minimum Gasteiger partial charge on any atom is -0.465 e. The Morgan fingerprint density at radius 3 is 2.85 bits per heavy atom. The van der Waals surface area contributed by atoms with Gasteiger partial charge >= 0.3 is 6.09 Å². The number of aromatic nitrogens is 5. The summed E-state index contributed by atoms with van der Waals surface area (Å²) in [5.41, 5.74) is 4.35. The molecular formula is C27H29FN8O3. The maximum absolute atomic E-state index is 13.5. The van der Waals surface area contributed by atoms with E-state index >= 15 is 0 Å². The predicted octanol–water partition coefficient (Wildman–Crippen LogP) is 4.40. The summed E-state index contributed by atoms with van der Waals surface area (Å²) in [6, 6.07) is 12.8. The highest BCUT2D eigenvalue weighted by Crippen LogP contribution is 2.29. The molecule has 1 atom stereocenters. The molecule has 4 N–H and O–H groups in total. The highest BCUT2D eigenvalue weighted by atomic mass is 19.1. The number of halogens is 1. The van der Waals surface area contributed by atoms with Crippen LogP contribution in [0, 0.1) is 12.7 Å². The first-order valence-corrected chi connectivity index (χ1v) is 12.5. The number of carbonyl (C=O) groups is 1. The van der Waals surface area contributed by atoms with Crippen molar-refractivity contribution in [3.63, 3.8) is 0 Å². The van der Waals surface area contributed by atoms with Crippen LogP contribution in [-0.4, -0.2) is 61.4 Å². The van der Waals surface area contributed by atoms with Gasteiger partial charge in [-0.1, -0.05) is 12.1 Å². The highest BCUT2D eigenvalue weighted by Gasteiger charge is 2.15. The van der Waals surface area contributed by atoms with Gasteiger partial charge < -0.3 is 20.5 Å². The second-order valence-electron chi connectivity index (χ2n) is 9.26. The van der Waals surface area contributed by atoms with Crippen LogP contribution in [0.1, 0.15) is 18.1 Å². The standard InChI is InChI=1S/C22H18FN7O2.C5H11NO/c1-13-18(28-22(31)32)11-30-20(13)21(24-12-26-30)27-17-5-6-19-15(8-17)9-25-29(19)10-14-3-2-4-16(23)7-14;1-5-4-7-3-2-6-5/h2-9,11-12,28H,10H2,1H3,(H,31,32)(H,24,26,27);5-6H,2-4H2,1H3/t;5-/m.1/s1. The topological polar surface area (TPSA) is 131 Å². The fraction of sp³-hybridized carbons (Fsp3) is 0.259. The Hall–Kier alpha value is -4.55. The lowest BCUT2D eigenvalue weighted by Gasteiger charge is -2.19. The zero-order valence-electron chi connectivity index (χ0n) is 21.6. The van der Waals surface area contributed by atoms with Gasteiger partial charge in [0.25, 0.3) is 0 Å². The van der Waals surface area contributed by atoms with Gasteiger partial charge in [-0.3, -0.25) is 10.00 Å². The van der Waals surface area contributed by atoms with E-state index in [1.165, 1.54) is 18.5 Å². The minimum atomic E-state index is -1.15. The molecule has 1 fully saturated rings. The van der Waals surface area contributed by atoms with Crippen molar-refractivity contribution in [2.45, 2.75) is 26.4 Å². The number of benzene rings is 2. The van der Waals surface area contributed by atoms with E-state index in [-0.39, 0.29) is 5.82 Å². The van der Waals surface area contributed by atoms with Crippen molar-refractivity contribution in [2.75, 3.05) is 30.4 Å². The van der Waals surface area contributed by atoms with Gasteiger partial charge in [-0.2, -0.15) is 10.2 Å². The van der Waals surface area contributed by atoms with E-state index in [1.807, 2.05) is 28.9 Å². The molecule has 6 rings (SSSR count). The molecule has 202 valence electrons. The molecule has 3 aromatic heterocycles. The van der Waals surface area contributed by atoms with Gasteiger partial charge in [0.1, 0.15) is 17.7 Å². The maximum atomic E-state index is 13.5. The summed E-state index contributed by atoms with van der Waals surface area (Å²) in [7, 11) is 0. The minimum absolute atomic E-state index is 0.274. The van der Waals surface area contributed by atoms with E-state index in [4.69, 9.17) is 9.84 Å². The summed E-state index contributed by atoms with van der Waals surface area (Å²) in [4.78, 5) is 15.4. The summed E-state index contributed by atoms with van der Waals surface area (Å²) < 4.78 is 22.0. The van der Waals surface area contributed by atoms with Crippen LogP contribution in [0.15, 0.2) is 61.2 Å². The smallest absolute Gasteiger partial charge is 0.409 e. The number of nitrogens with one attached hydrogen (secondary N) is 3. The van der Waals surface area contributed by atoms with Crippen molar-refractivity contribution >= 4 is 39.7 Å². The summed E-state index contributed by atoms with van der Waals surface area (Å²) in [6.45, 7) is 7.16. The average molecular weight is 533 g/mol. The monoisotopic (exact) mass is 532 g/mol. The lowest BCUT2D eigenvalue weighted by molar-refractivity contribution is 0.0824. The van der Waals surface area contributed by atoms with E-state index in [2.05, 4.69) is 38.1 Å². The van der Waals surface area contributed by atoms with Crippen molar-refractivity contribution in [3.8, 4) is 0 Å². The molecule has 1 saturated heterocycles. The van der Waals surface area contributed by atoms with Crippen molar-refractivity contribution < 1.29 is 19.0 Å². The van der Waals surface area contributed by atoms with Crippen LogP contribution in [0.4, 0.5) is 26.4 Å². The summed E-state index contributed by atoms with van der Waals surface area (Å²) in [5.74, 6) is 0.270. The van der Waals surface area contributed by atoms with Crippen LogP contribution in [-0.2, 0) is 11.3 Å². The summed E-state index contributed by atoms with van der Waals surface area (Å²) >= 11 is 0. The first-order chi connectivity index (χ1) is 18.9. The molecule has 1 aliphatic rings. The summed E-state index contributed by atoms with van der Waals surface area (Å²) in [5, 5.41) is 27.5. The number of aryl methyl sites for hydroxylation is 1. The number of morpholine rings is 1. The molecule has 0 bridgehead atoms. The fourth-order valence-corrected chi connectivity index (χ4v) is 4.43. The zero-order chi connectivity index (χ0) is 27.4. The molecule has 0 spiro atoms. The number of fused-ring (bicyclic) bond motifs is 2. The second-order valence-corrected chi connectivity index (χ2v) is 9.26. The first-order valence-electron chi connectivity index (χ1n) is 12.5. The predicted molar refractivity (Wildman–Crippen MR) is 146 cm³/mol. The molecule has 0 unspecified atom stereocenters. The van der Waals surface area contributed by atoms with E-state index in [1.54, 1.807) is 29.9 Å². The van der Waals surface area contributed by atoms with Crippen LogP contribution in [0.2, 0.25) is 0 Å². The maximum Gasteiger partial charge on any atom is 0.409 e. The van der Waals surface area contributed by atoms with Crippen molar-refractivity contribution in [3.05, 3.63) is 78.1 Å². The van der Waals surface area contributed by atoms with Gasteiger partial charge in [-0.25, -0.2) is 18.7 Å². The number of amides is 1. The van der Waals surface area contributed by atoms with Gasteiger partial charge in [0, 0.05) is 29.2 Å². The Bertz CT molecular complexity index is 1610. The van der Waals surface area contributed by atoms with Crippen LogP contribution >= 0.6 is 0 Å². The number of anilines is 3. The van der Waals surface area contributed by atoms with E-state index in [0.29, 0.717) is 35.2 Å². The normalized spacial score (nSPS) is 15.1. The van der Waals surface area contributed by atoms with Crippen LogP contribution in [0.3, 0.4) is 0 Å². The SMILES string of the molecule is C[C@@H]1COCCN1.Cc1c(NC(=O)O)cn2ncnc(Nc3ccc4c(cnn4Cc4cccc(F)c4)c3)c12. The molecule has 5 aromatic rings. The van der Waals surface area contributed by atoms with Crippen LogP contribution in [0.25, 0.3) is 16.4 Å². The lowest BCUT2D eigenvalue weighted by atomic mass is 10.2. The third kappa shape index (κ3) is 6.13. The molecule has 11 nitrogen and oxygen atoms in total. The number of hydrogen-bond donors (Lipinski definition) is 4. The lowest BCUT2D eigenvalue weighted by Crippen LogP contribution is -2.38. The highest BCUT2D eigenvalue weighted by molar-refractivity contribution is 5.90. The third-order valence-electron chi connectivity index (χ3n) is 6.30. The fourth-order valence-electron chi connectivity index (χ4n) is 4.43. The number of rotatable bonds is 5. The van der Waals surface area contributed by atoms with Gasteiger partial charge in [0.2, 0.25) is 0 Å². The first kappa shape index (κ1) is 26.1. The van der Waals surface area contributed by atoms with Gasteiger partial charge in [-0.05, 0) is 49.7 Å². The number of carboxylic acid groups (broad SMARTS) is 1. The van der Waals surface area contributed by atoms with Gasteiger partial charge in [-0.15, -0.1) is 0 Å². The molecule has 1 aliphatic heterocycles. The molecule has 0 radical (unpaired) electrons. The molecule has 0 aliphatic carbocycles. The Morgan fingerprint density at radius 1 is 1.26 bits per heavy atom. The van der Waals surface area contributed by atoms with Crippen molar-refractivity contribution in [2.24, 2.45) is 0 Å². The molecule has 2 aromatic carbocycles. The largest absolute Gasteiger partial charge is 0.465 e. The molecular weight excluding hydrogens is 503 g/mol. The summed E-state index contributed by atoms with van der Waals surface area (Å²) in [6.07, 6.45) is 3.61. The average Bonchev–Trinajstić information content (AvgIpc) is 3.45. The van der Waals surface area contributed by atoms with E-state index in [0.717, 1.165) is 41.9 Å². The van der Waals surface area contributed by atoms with Gasteiger partial charge in [0.05, 0.1) is 43.4 Å². The van der Waals surface area contributed by atoms with Crippen molar-refractivity contribution in [1.29, 1.82) is 0 Å². The Kier molecular flexibility index (Phi) is 7.66.